The van der Waals surface area contributed by atoms with Crippen molar-refractivity contribution in [1.82, 2.24) is 13.7 Å². The van der Waals surface area contributed by atoms with Crippen LogP contribution in [-0.4, -0.2) is 13.7 Å². The minimum Gasteiger partial charge on any atom is -0.381 e. The molecule has 13 heavy (non-hydrogen) atoms. The van der Waals surface area contributed by atoms with Crippen molar-refractivity contribution in [3.8, 4) is 11.3 Å². The molecule has 66 valence electrons. The van der Waals surface area contributed by atoms with E-state index in [9.17, 15) is 0 Å². The molecule has 2 N–H and O–H groups in total. The zero-order valence-corrected chi connectivity index (χ0v) is 7.88. The molecule has 0 unspecified atom stereocenters. The number of rotatable bonds is 1. The monoisotopic (exact) mass is 192 g/mol. The van der Waals surface area contributed by atoms with Crippen LogP contribution in [-0.2, 0) is 0 Å². The van der Waals surface area contributed by atoms with Crippen LogP contribution in [0.3, 0.4) is 0 Å². The molecule has 0 spiro atoms. The van der Waals surface area contributed by atoms with E-state index in [1.54, 1.807) is 12.4 Å². The molecule has 4 nitrogen and oxygen atoms in total. The van der Waals surface area contributed by atoms with Crippen LogP contribution in [0, 0.1) is 6.92 Å². The van der Waals surface area contributed by atoms with Gasteiger partial charge in [-0.2, -0.15) is 8.75 Å². The van der Waals surface area contributed by atoms with Crippen LogP contribution in [0.5, 0.6) is 0 Å². The van der Waals surface area contributed by atoms with Gasteiger partial charge in [-0.25, -0.2) is 0 Å². The van der Waals surface area contributed by atoms with E-state index in [0.717, 1.165) is 28.5 Å². The van der Waals surface area contributed by atoms with Crippen molar-refractivity contribution in [3.63, 3.8) is 0 Å². The van der Waals surface area contributed by atoms with E-state index in [1.165, 1.54) is 0 Å². The summed E-state index contributed by atoms with van der Waals surface area (Å²) < 4.78 is 8.05. The molecule has 0 aliphatic heterocycles. The molecule has 2 rings (SSSR count). The molecule has 2 heterocycles. The number of nitrogens with zero attached hydrogens (tertiary/aromatic N) is 3. The highest BCUT2D eigenvalue weighted by molar-refractivity contribution is 6.99. The van der Waals surface area contributed by atoms with Gasteiger partial charge in [0.1, 0.15) is 5.69 Å². The van der Waals surface area contributed by atoms with Crippen molar-refractivity contribution in [1.29, 1.82) is 0 Å². The summed E-state index contributed by atoms with van der Waals surface area (Å²) in [5, 5.41) is 0. The summed E-state index contributed by atoms with van der Waals surface area (Å²) in [5.41, 5.74) is 8.47. The van der Waals surface area contributed by atoms with Gasteiger partial charge in [-0.15, -0.1) is 0 Å². The van der Waals surface area contributed by atoms with Crippen LogP contribution in [0.15, 0.2) is 18.5 Å². The standard InChI is InChI=1S/C8H8N4S/c1-5-4-10-3-2-6(5)7-8(9)12-13-11-7/h2-4H,1H3,(H2,9,12). The van der Waals surface area contributed by atoms with Crippen LogP contribution < -0.4 is 5.73 Å². The third kappa shape index (κ3) is 1.38. The second kappa shape index (κ2) is 3.10. The normalized spacial score (nSPS) is 10.2. The summed E-state index contributed by atoms with van der Waals surface area (Å²) in [6.07, 6.45) is 3.51. The average Bonchev–Trinajstić information content (AvgIpc) is 2.52. The molecular weight excluding hydrogens is 184 g/mol. The molecule has 0 saturated carbocycles. The molecule has 5 heteroatoms. The molecule has 0 aliphatic carbocycles. The van der Waals surface area contributed by atoms with Gasteiger partial charge in [0.15, 0.2) is 5.82 Å². The predicted molar refractivity (Wildman–Crippen MR) is 52.3 cm³/mol. The summed E-state index contributed by atoms with van der Waals surface area (Å²) in [4.78, 5) is 4.00. The second-order valence-electron chi connectivity index (χ2n) is 2.69. The second-order valence-corrected chi connectivity index (χ2v) is 3.22. The van der Waals surface area contributed by atoms with Crippen molar-refractivity contribution in [3.05, 3.63) is 24.0 Å². The van der Waals surface area contributed by atoms with Crippen molar-refractivity contribution >= 4 is 17.5 Å². The molecule has 0 radical (unpaired) electrons. The molecular formula is C8H8N4S. The van der Waals surface area contributed by atoms with Crippen molar-refractivity contribution < 1.29 is 0 Å². The third-order valence-corrected chi connectivity index (χ3v) is 2.33. The summed E-state index contributed by atoms with van der Waals surface area (Å²) in [6, 6.07) is 1.89. The SMILES string of the molecule is Cc1cnccc1-c1nsnc1N. The van der Waals surface area contributed by atoms with Crippen LogP contribution >= 0.6 is 11.7 Å². The average molecular weight is 192 g/mol. The minimum atomic E-state index is 0.485. The van der Waals surface area contributed by atoms with Crippen LogP contribution in [0.25, 0.3) is 11.3 Å². The Kier molecular flexibility index (Phi) is 1.94. The smallest absolute Gasteiger partial charge is 0.165 e. The largest absolute Gasteiger partial charge is 0.381 e. The number of nitrogens with two attached hydrogens (primary N) is 1. The van der Waals surface area contributed by atoms with Gasteiger partial charge in [-0.3, -0.25) is 4.98 Å². The van der Waals surface area contributed by atoms with E-state index >= 15 is 0 Å². The number of anilines is 1. The molecule has 0 amide bonds. The van der Waals surface area contributed by atoms with E-state index < -0.39 is 0 Å². The Morgan fingerprint density at radius 2 is 2.23 bits per heavy atom. The highest BCUT2D eigenvalue weighted by Gasteiger charge is 2.08. The molecule has 0 bridgehead atoms. The molecule has 2 aromatic heterocycles. The lowest BCUT2D eigenvalue weighted by molar-refractivity contribution is 1.26. The van der Waals surface area contributed by atoms with Gasteiger partial charge in [-0.1, -0.05) is 0 Å². The number of hydrogen-bond acceptors (Lipinski definition) is 5. The van der Waals surface area contributed by atoms with Gasteiger partial charge in [0, 0.05) is 18.0 Å². The Balaban J connectivity index is 2.59. The van der Waals surface area contributed by atoms with E-state index in [4.69, 9.17) is 5.73 Å². The lowest BCUT2D eigenvalue weighted by Crippen LogP contribution is -1.90. The first kappa shape index (κ1) is 8.12. The Labute approximate surface area is 79.8 Å². The first-order valence-corrected chi connectivity index (χ1v) is 4.51. The van der Waals surface area contributed by atoms with Crippen molar-refractivity contribution in [2.75, 3.05) is 5.73 Å². The third-order valence-electron chi connectivity index (χ3n) is 1.79. The van der Waals surface area contributed by atoms with E-state index in [-0.39, 0.29) is 0 Å². The molecule has 0 aliphatic rings. The molecule has 0 saturated heterocycles. The zero-order chi connectivity index (χ0) is 9.26. The van der Waals surface area contributed by atoms with E-state index in [1.807, 2.05) is 13.0 Å². The van der Waals surface area contributed by atoms with Gasteiger partial charge >= 0.3 is 0 Å². The van der Waals surface area contributed by atoms with Gasteiger partial charge in [0.05, 0.1) is 11.7 Å². The molecule has 0 aromatic carbocycles. The summed E-state index contributed by atoms with van der Waals surface area (Å²) in [6.45, 7) is 1.97. The molecule has 0 fully saturated rings. The van der Waals surface area contributed by atoms with Gasteiger partial charge in [0.2, 0.25) is 0 Å². The van der Waals surface area contributed by atoms with E-state index in [2.05, 4.69) is 13.7 Å². The fourth-order valence-electron chi connectivity index (χ4n) is 1.12. The highest BCUT2D eigenvalue weighted by atomic mass is 32.1. The lowest BCUT2D eigenvalue weighted by atomic mass is 10.1. The number of pyridine rings is 1. The number of nitrogen functional groups attached to an aromatic ring is 1. The topological polar surface area (TPSA) is 64.7 Å². The quantitative estimate of drug-likeness (QED) is 0.743. The Morgan fingerprint density at radius 1 is 1.38 bits per heavy atom. The minimum absolute atomic E-state index is 0.485. The zero-order valence-electron chi connectivity index (χ0n) is 7.06. The van der Waals surface area contributed by atoms with Gasteiger partial charge < -0.3 is 5.73 Å². The van der Waals surface area contributed by atoms with Crippen LogP contribution in [0.1, 0.15) is 5.56 Å². The first-order chi connectivity index (χ1) is 6.29. The first-order valence-electron chi connectivity index (χ1n) is 3.78. The number of aromatic nitrogens is 3. The van der Waals surface area contributed by atoms with Crippen LogP contribution in [0.4, 0.5) is 5.82 Å². The summed E-state index contributed by atoms with van der Waals surface area (Å²) >= 11 is 1.12. The molecule has 0 atom stereocenters. The maximum absolute atomic E-state index is 5.66. The van der Waals surface area contributed by atoms with Gasteiger partial charge in [0.25, 0.3) is 0 Å². The van der Waals surface area contributed by atoms with Crippen molar-refractivity contribution in [2.24, 2.45) is 0 Å². The summed E-state index contributed by atoms with van der Waals surface area (Å²) in [5.74, 6) is 0.485. The molecule has 2 aromatic rings. The Bertz CT molecular complexity index is 424. The van der Waals surface area contributed by atoms with Crippen LogP contribution in [0.2, 0.25) is 0 Å². The Morgan fingerprint density at radius 3 is 2.85 bits per heavy atom. The van der Waals surface area contributed by atoms with Crippen molar-refractivity contribution in [2.45, 2.75) is 6.92 Å². The maximum Gasteiger partial charge on any atom is 0.165 e. The maximum atomic E-state index is 5.66. The number of hydrogen-bond donors (Lipinski definition) is 1. The Hall–Kier alpha value is -1.49. The predicted octanol–water partition coefficient (Wildman–Crippen LogP) is 1.49. The lowest BCUT2D eigenvalue weighted by Gasteiger charge is -2.00. The number of aryl methyl sites for hydroxylation is 1. The summed E-state index contributed by atoms with van der Waals surface area (Å²) in [7, 11) is 0. The van der Waals surface area contributed by atoms with Gasteiger partial charge in [-0.05, 0) is 18.6 Å². The fraction of sp³-hybridized carbons (Fsp3) is 0.125. The fourth-order valence-corrected chi connectivity index (χ4v) is 1.61. The van der Waals surface area contributed by atoms with E-state index in [0.29, 0.717) is 5.82 Å². The highest BCUT2D eigenvalue weighted by Crippen LogP contribution is 2.25.